The minimum absolute atomic E-state index is 0.572. The van der Waals surface area contributed by atoms with Crippen molar-refractivity contribution in [3.8, 4) is 5.75 Å². The van der Waals surface area contributed by atoms with Crippen LogP contribution < -0.4 is 10.5 Å². The Kier molecular flexibility index (Phi) is 2.46. The zero-order valence-electron chi connectivity index (χ0n) is 8.95. The Hall–Kier alpha value is -1.77. The van der Waals surface area contributed by atoms with Gasteiger partial charge in [0.05, 0.1) is 12.8 Å². The molecule has 0 unspecified atom stereocenters. The van der Waals surface area contributed by atoms with Gasteiger partial charge in [0.25, 0.3) is 0 Å². The van der Waals surface area contributed by atoms with E-state index in [0.29, 0.717) is 5.82 Å². The van der Waals surface area contributed by atoms with Crippen LogP contribution in [0.1, 0.15) is 12.6 Å². The minimum Gasteiger partial charge on any atom is -0.494 e. The molecule has 0 radical (unpaired) electrons. The Bertz CT molecular complexity index is 494. The molecule has 0 aliphatic carbocycles. The summed E-state index contributed by atoms with van der Waals surface area (Å²) in [6, 6.07) is 7.89. The fraction of sp³-hybridized carbons (Fsp3) is 0.250. The maximum Gasteiger partial charge on any atom is 0.148 e. The van der Waals surface area contributed by atoms with Crippen molar-refractivity contribution in [3.05, 3.63) is 30.0 Å². The molecule has 2 N–H and O–H groups in total. The molecule has 0 fully saturated rings. The van der Waals surface area contributed by atoms with Gasteiger partial charge in [-0.2, -0.15) is 0 Å². The van der Waals surface area contributed by atoms with Crippen LogP contribution in [0.3, 0.4) is 0 Å². The molecule has 2 rings (SSSR count). The van der Waals surface area contributed by atoms with Gasteiger partial charge < -0.3 is 10.5 Å². The number of methoxy groups -OCH3 is 1. The number of nitrogen functional groups attached to an aromatic ring is 1. The average molecular weight is 202 g/mol. The third-order valence-electron chi connectivity index (χ3n) is 2.50. The summed E-state index contributed by atoms with van der Waals surface area (Å²) in [4.78, 5) is 4.34. The van der Waals surface area contributed by atoms with Crippen LogP contribution in [0.4, 0.5) is 5.82 Å². The second-order valence-corrected chi connectivity index (χ2v) is 3.38. The van der Waals surface area contributed by atoms with Gasteiger partial charge >= 0.3 is 0 Å². The summed E-state index contributed by atoms with van der Waals surface area (Å²) in [7, 11) is 1.67. The van der Waals surface area contributed by atoms with Gasteiger partial charge in [-0.1, -0.05) is 31.2 Å². The number of ether oxygens (including phenoxy) is 1. The van der Waals surface area contributed by atoms with E-state index >= 15 is 0 Å². The van der Waals surface area contributed by atoms with Crippen molar-refractivity contribution >= 4 is 16.6 Å². The lowest BCUT2D eigenvalue weighted by atomic mass is 10.1. The van der Waals surface area contributed by atoms with Crippen LogP contribution in [0.2, 0.25) is 0 Å². The summed E-state index contributed by atoms with van der Waals surface area (Å²) in [5, 5.41) is 1.98. The largest absolute Gasteiger partial charge is 0.494 e. The predicted molar refractivity (Wildman–Crippen MR) is 62.1 cm³/mol. The summed E-state index contributed by atoms with van der Waals surface area (Å²) in [6.07, 6.45) is 0.818. The van der Waals surface area contributed by atoms with Crippen molar-refractivity contribution in [2.24, 2.45) is 0 Å². The van der Waals surface area contributed by atoms with Crippen molar-refractivity contribution < 1.29 is 4.74 Å². The van der Waals surface area contributed by atoms with Gasteiger partial charge in [-0.3, -0.25) is 0 Å². The number of pyridine rings is 1. The summed E-state index contributed by atoms with van der Waals surface area (Å²) in [6.45, 7) is 2.04. The number of benzene rings is 1. The summed E-state index contributed by atoms with van der Waals surface area (Å²) in [5.41, 5.74) is 6.80. The molecule has 15 heavy (non-hydrogen) atoms. The third kappa shape index (κ3) is 1.50. The van der Waals surface area contributed by atoms with Crippen LogP contribution in [0.25, 0.3) is 10.8 Å². The maximum absolute atomic E-state index is 5.89. The first kappa shape index (κ1) is 9.77. The number of fused-ring (bicyclic) bond motifs is 1. The fourth-order valence-electron chi connectivity index (χ4n) is 1.78. The number of hydrogen-bond donors (Lipinski definition) is 1. The first-order valence-electron chi connectivity index (χ1n) is 4.99. The van der Waals surface area contributed by atoms with E-state index in [1.807, 2.05) is 31.2 Å². The molecule has 0 aliphatic heterocycles. The van der Waals surface area contributed by atoms with E-state index in [9.17, 15) is 0 Å². The predicted octanol–water partition coefficient (Wildman–Crippen LogP) is 2.39. The monoisotopic (exact) mass is 202 g/mol. The van der Waals surface area contributed by atoms with Crippen LogP contribution in [-0.4, -0.2) is 12.1 Å². The molecule has 0 saturated carbocycles. The molecule has 0 amide bonds. The molecule has 0 aliphatic rings. The van der Waals surface area contributed by atoms with Gasteiger partial charge in [-0.15, -0.1) is 0 Å². The Morgan fingerprint density at radius 3 is 2.53 bits per heavy atom. The summed E-state index contributed by atoms with van der Waals surface area (Å²) in [5.74, 6) is 1.41. The van der Waals surface area contributed by atoms with Crippen molar-refractivity contribution in [2.75, 3.05) is 12.8 Å². The molecule has 2 aromatic rings. The van der Waals surface area contributed by atoms with Crippen LogP contribution in [0, 0.1) is 0 Å². The lowest BCUT2D eigenvalue weighted by molar-refractivity contribution is 0.413. The van der Waals surface area contributed by atoms with Crippen molar-refractivity contribution in [2.45, 2.75) is 13.3 Å². The topological polar surface area (TPSA) is 48.1 Å². The number of hydrogen-bond acceptors (Lipinski definition) is 3. The van der Waals surface area contributed by atoms with Gasteiger partial charge in [0.2, 0.25) is 0 Å². The summed E-state index contributed by atoms with van der Waals surface area (Å²) >= 11 is 0. The zero-order chi connectivity index (χ0) is 10.8. The molecule has 3 nitrogen and oxygen atoms in total. The molecule has 0 spiro atoms. The van der Waals surface area contributed by atoms with E-state index < -0.39 is 0 Å². The molecule has 0 atom stereocenters. The minimum atomic E-state index is 0.572. The maximum atomic E-state index is 5.89. The molecular formula is C12H14N2O. The highest BCUT2D eigenvalue weighted by Gasteiger charge is 2.10. The van der Waals surface area contributed by atoms with Crippen LogP contribution in [0.15, 0.2) is 24.3 Å². The number of aromatic nitrogens is 1. The Morgan fingerprint density at radius 1 is 1.27 bits per heavy atom. The number of rotatable bonds is 2. The van der Waals surface area contributed by atoms with E-state index in [2.05, 4.69) is 4.98 Å². The third-order valence-corrected chi connectivity index (χ3v) is 2.50. The summed E-state index contributed by atoms with van der Waals surface area (Å²) < 4.78 is 5.39. The molecule has 3 heteroatoms. The van der Waals surface area contributed by atoms with Gasteiger partial charge in [-0.05, 0) is 6.42 Å². The van der Waals surface area contributed by atoms with Gasteiger partial charge in [0.1, 0.15) is 11.6 Å². The van der Waals surface area contributed by atoms with Crippen molar-refractivity contribution in [3.63, 3.8) is 0 Å². The Labute approximate surface area is 88.9 Å². The highest BCUT2D eigenvalue weighted by Crippen LogP contribution is 2.31. The Morgan fingerprint density at radius 2 is 1.93 bits per heavy atom. The standard InChI is InChI=1S/C12H14N2O/c1-3-10-11(15-2)8-6-4-5-7-9(8)12(13)14-10/h4-7H,3H2,1-2H3,(H2,13,14). The second kappa shape index (κ2) is 3.77. The molecule has 78 valence electrons. The van der Waals surface area contributed by atoms with Gasteiger partial charge in [0, 0.05) is 10.8 Å². The SMILES string of the molecule is CCc1nc(N)c2ccccc2c1OC. The fourth-order valence-corrected chi connectivity index (χ4v) is 1.78. The second-order valence-electron chi connectivity index (χ2n) is 3.38. The first-order chi connectivity index (χ1) is 7.27. The molecule has 0 saturated heterocycles. The van der Waals surface area contributed by atoms with E-state index in [0.717, 1.165) is 28.6 Å². The lowest BCUT2D eigenvalue weighted by Gasteiger charge is -2.11. The molecule has 1 heterocycles. The number of nitrogens with zero attached hydrogens (tertiary/aromatic N) is 1. The highest BCUT2D eigenvalue weighted by atomic mass is 16.5. The lowest BCUT2D eigenvalue weighted by Crippen LogP contribution is -2.00. The van der Waals surface area contributed by atoms with E-state index in [1.165, 1.54) is 0 Å². The molecule has 0 bridgehead atoms. The quantitative estimate of drug-likeness (QED) is 0.813. The highest BCUT2D eigenvalue weighted by molar-refractivity contribution is 5.95. The van der Waals surface area contributed by atoms with Crippen LogP contribution in [-0.2, 0) is 6.42 Å². The van der Waals surface area contributed by atoms with Crippen LogP contribution >= 0.6 is 0 Å². The molecule has 1 aromatic carbocycles. The van der Waals surface area contributed by atoms with Crippen molar-refractivity contribution in [1.82, 2.24) is 4.98 Å². The number of nitrogens with two attached hydrogens (primary N) is 1. The molecule has 1 aromatic heterocycles. The van der Waals surface area contributed by atoms with Gasteiger partial charge in [0.15, 0.2) is 0 Å². The zero-order valence-corrected chi connectivity index (χ0v) is 8.95. The first-order valence-corrected chi connectivity index (χ1v) is 4.99. The average Bonchev–Trinajstić information content (AvgIpc) is 2.29. The van der Waals surface area contributed by atoms with E-state index in [-0.39, 0.29) is 0 Å². The van der Waals surface area contributed by atoms with Crippen LogP contribution in [0.5, 0.6) is 5.75 Å². The van der Waals surface area contributed by atoms with E-state index in [1.54, 1.807) is 7.11 Å². The Balaban J connectivity index is 2.85. The number of anilines is 1. The van der Waals surface area contributed by atoms with E-state index in [4.69, 9.17) is 10.5 Å². The smallest absolute Gasteiger partial charge is 0.148 e. The van der Waals surface area contributed by atoms with Crippen molar-refractivity contribution in [1.29, 1.82) is 0 Å². The normalized spacial score (nSPS) is 10.5. The van der Waals surface area contributed by atoms with Gasteiger partial charge in [-0.25, -0.2) is 4.98 Å². The molecular weight excluding hydrogens is 188 g/mol. The number of aryl methyl sites for hydroxylation is 1.